The Hall–Kier alpha value is -1.75. The van der Waals surface area contributed by atoms with Crippen molar-refractivity contribution in [1.82, 2.24) is 10.6 Å². The number of nitrogens with zero attached hydrogens (tertiary/aromatic N) is 1. The monoisotopic (exact) mass is 321 g/mol. The van der Waals surface area contributed by atoms with Crippen LogP contribution in [0.3, 0.4) is 0 Å². The number of guanidine groups is 1. The van der Waals surface area contributed by atoms with Crippen LogP contribution in [-0.2, 0) is 4.74 Å². The Morgan fingerprint density at radius 2 is 1.96 bits per heavy atom. The fourth-order valence-electron chi connectivity index (χ4n) is 2.07. The molecule has 0 saturated carbocycles. The van der Waals surface area contributed by atoms with Gasteiger partial charge in [-0.2, -0.15) is 0 Å². The summed E-state index contributed by atoms with van der Waals surface area (Å²) < 4.78 is 10.8. The number of nitrogens with one attached hydrogen (secondary N) is 2. The smallest absolute Gasteiger partial charge is 0.191 e. The van der Waals surface area contributed by atoms with Crippen LogP contribution >= 0.6 is 0 Å². The molecule has 0 amide bonds. The number of aliphatic imine (C=N–C) groups is 1. The fraction of sp³-hybridized carbons (Fsp3) is 0.611. The van der Waals surface area contributed by atoms with Gasteiger partial charge in [-0.15, -0.1) is 0 Å². The van der Waals surface area contributed by atoms with Crippen LogP contribution in [0.4, 0.5) is 0 Å². The maximum Gasteiger partial charge on any atom is 0.191 e. The van der Waals surface area contributed by atoms with Gasteiger partial charge in [0.05, 0.1) is 13.2 Å². The molecule has 1 aromatic rings. The molecule has 1 unspecified atom stereocenters. The van der Waals surface area contributed by atoms with Crippen molar-refractivity contribution >= 4 is 5.96 Å². The van der Waals surface area contributed by atoms with Crippen LogP contribution in [0.5, 0.6) is 5.75 Å². The number of ether oxygens (including phenoxy) is 2. The zero-order valence-electron chi connectivity index (χ0n) is 14.9. The highest BCUT2D eigenvalue weighted by Crippen LogP contribution is 2.11. The minimum Gasteiger partial charge on any atom is -0.494 e. The van der Waals surface area contributed by atoms with Crippen LogP contribution in [0, 0.1) is 6.92 Å². The third-order valence-corrected chi connectivity index (χ3v) is 3.26. The van der Waals surface area contributed by atoms with E-state index in [9.17, 15) is 0 Å². The van der Waals surface area contributed by atoms with Crippen molar-refractivity contribution in [2.75, 3.05) is 33.4 Å². The van der Waals surface area contributed by atoms with E-state index in [4.69, 9.17) is 9.47 Å². The summed E-state index contributed by atoms with van der Waals surface area (Å²) in [5.74, 6) is 1.78. The molecule has 0 fully saturated rings. The largest absolute Gasteiger partial charge is 0.494 e. The van der Waals surface area contributed by atoms with Gasteiger partial charge in [-0.25, -0.2) is 0 Å². The van der Waals surface area contributed by atoms with Gasteiger partial charge in [0.15, 0.2) is 5.96 Å². The molecule has 0 aliphatic rings. The van der Waals surface area contributed by atoms with Gasteiger partial charge in [0.2, 0.25) is 0 Å². The van der Waals surface area contributed by atoms with E-state index in [1.807, 2.05) is 12.1 Å². The third kappa shape index (κ3) is 9.08. The lowest BCUT2D eigenvalue weighted by Gasteiger charge is -2.16. The normalized spacial score (nSPS) is 12.8. The lowest BCUT2D eigenvalue weighted by Crippen LogP contribution is -2.44. The summed E-state index contributed by atoms with van der Waals surface area (Å²) in [6.45, 7) is 9.23. The summed E-state index contributed by atoms with van der Waals surface area (Å²) in [6, 6.07) is 8.39. The zero-order chi connectivity index (χ0) is 16.9. The van der Waals surface area contributed by atoms with Gasteiger partial charge in [-0.3, -0.25) is 4.99 Å². The van der Waals surface area contributed by atoms with E-state index in [0.717, 1.165) is 44.2 Å². The van der Waals surface area contributed by atoms with E-state index in [-0.39, 0.29) is 6.04 Å². The molecule has 5 heteroatoms. The van der Waals surface area contributed by atoms with Crippen LogP contribution in [0.1, 0.15) is 32.3 Å². The van der Waals surface area contributed by atoms with Gasteiger partial charge >= 0.3 is 0 Å². The Kier molecular flexibility index (Phi) is 9.87. The summed E-state index contributed by atoms with van der Waals surface area (Å²) in [7, 11) is 1.70. The molecular weight excluding hydrogens is 290 g/mol. The molecule has 0 aromatic heterocycles. The van der Waals surface area contributed by atoms with Gasteiger partial charge < -0.3 is 20.1 Å². The molecule has 5 nitrogen and oxygen atoms in total. The first kappa shape index (κ1) is 19.3. The van der Waals surface area contributed by atoms with E-state index >= 15 is 0 Å². The highest BCUT2D eigenvalue weighted by molar-refractivity contribution is 5.80. The number of hydrogen-bond donors (Lipinski definition) is 2. The summed E-state index contributed by atoms with van der Waals surface area (Å²) >= 11 is 0. The second kappa shape index (κ2) is 11.8. The highest BCUT2D eigenvalue weighted by Gasteiger charge is 2.03. The molecule has 0 spiro atoms. The standard InChI is InChI=1S/C18H31N3O2/c1-5-19-18(21-16(3)14-22-4)20-12-6-7-13-23-17-10-8-15(2)9-11-17/h8-11,16H,5-7,12-14H2,1-4H3,(H2,19,20,21). The molecule has 23 heavy (non-hydrogen) atoms. The van der Waals surface area contributed by atoms with E-state index in [1.54, 1.807) is 7.11 Å². The number of aryl methyl sites for hydroxylation is 1. The second-order valence-corrected chi connectivity index (χ2v) is 5.63. The predicted molar refractivity (Wildman–Crippen MR) is 96.4 cm³/mol. The number of unbranched alkanes of at least 4 members (excludes halogenated alkanes) is 1. The Bertz CT molecular complexity index is 446. The van der Waals surface area contributed by atoms with Crippen molar-refractivity contribution in [2.45, 2.75) is 39.7 Å². The average Bonchev–Trinajstić information content (AvgIpc) is 2.52. The van der Waals surface area contributed by atoms with Crippen molar-refractivity contribution in [3.8, 4) is 5.75 Å². The van der Waals surface area contributed by atoms with Crippen LogP contribution < -0.4 is 15.4 Å². The molecule has 0 saturated heterocycles. The topological polar surface area (TPSA) is 54.9 Å². The number of methoxy groups -OCH3 is 1. The summed E-state index contributed by atoms with van der Waals surface area (Å²) in [4.78, 5) is 4.58. The van der Waals surface area contributed by atoms with Crippen LogP contribution in [0.25, 0.3) is 0 Å². The molecule has 1 rings (SSSR count). The Morgan fingerprint density at radius 1 is 1.22 bits per heavy atom. The zero-order valence-corrected chi connectivity index (χ0v) is 14.9. The van der Waals surface area contributed by atoms with Crippen molar-refractivity contribution < 1.29 is 9.47 Å². The Morgan fingerprint density at radius 3 is 2.61 bits per heavy atom. The number of hydrogen-bond acceptors (Lipinski definition) is 3. The van der Waals surface area contributed by atoms with Crippen molar-refractivity contribution in [2.24, 2.45) is 4.99 Å². The summed E-state index contributed by atoms with van der Waals surface area (Å²) in [5.41, 5.74) is 1.25. The quantitative estimate of drug-likeness (QED) is 0.395. The average molecular weight is 321 g/mol. The van der Waals surface area contributed by atoms with E-state index < -0.39 is 0 Å². The minimum atomic E-state index is 0.239. The van der Waals surface area contributed by atoms with Crippen molar-refractivity contribution in [3.05, 3.63) is 29.8 Å². The molecular formula is C18H31N3O2. The van der Waals surface area contributed by atoms with Gasteiger partial charge in [-0.05, 0) is 45.7 Å². The van der Waals surface area contributed by atoms with E-state index in [0.29, 0.717) is 6.61 Å². The van der Waals surface area contributed by atoms with Gasteiger partial charge in [-0.1, -0.05) is 17.7 Å². The van der Waals surface area contributed by atoms with Gasteiger partial charge in [0.25, 0.3) is 0 Å². The first-order valence-electron chi connectivity index (χ1n) is 8.39. The van der Waals surface area contributed by atoms with Gasteiger partial charge in [0, 0.05) is 26.2 Å². The van der Waals surface area contributed by atoms with Crippen LogP contribution in [0.2, 0.25) is 0 Å². The summed E-state index contributed by atoms with van der Waals surface area (Å²) in [5, 5.41) is 6.57. The third-order valence-electron chi connectivity index (χ3n) is 3.26. The van der Waals surface area contributed by atoms with Crippen molar-refractivity contribution in [1.29, 1.82) is 0 Å². The fourth-order valence-corrected chi connectivity index (χ4v) is 2.07. The number of rotatable bonds is 10. The second-order valence-electron chi connectivity index (χ2n) is 5.63. The van der Waals surface area contributed by atoms with Crippen molar-refractivity contribution in [3.63, 3.8) is 0 Å². The molecule has 0 radical (unpaired) electrons. The molecule has 0 heterocycles. The molecule has 1 aromatic carbocycles. The highest BCUT2D eigenvalue weighted by atomic mass is 16.5. The predicted octanol–water partition coefficient (Wildman–Crippen LogP) is 2.74. The van der Waals surface area contributed by atoms with E-state index in [1.165, 1.54) is 5.56 Å². The first-order chi connectivity index (χ1) is 11.2. The lowest BCUT2D eigenvalue weighted by atomic mass is 10.2. The molecule has 0 aliphatic carbocycles. The molecule has 130 valence electrons. The maximum atomic E-state index is 5.72. The first-order valence-corrected chi connectivity index (χ1v) is 8.39. The minimum absolute atomic E-state index is 0.239. The Labute approximate surface area is 140 Å². The molecule has 1 atom stereocenters. The number of benzene rings is 1. The lowest BCUT2D eigenvalue weighted by molar-refractivity contribution is 0.179. The Balaban J connectivity index is 2.22. The molecule has 0 aliphatic heterocycles. The van der Waals surface area contributed by atoms with Gasteiger partial charge in [0.1, 0.15) is 5.75 Å². The van der Waals surface area contributed by atoms with Crippen LogP contribution in [0.15, 0.2) is 29.3 Å². The van der Waals surface area contributed by atoms with Crippen LogP contribution in [-0.4, -0.2) is 45.4 Å². The SMILES string of the molecule is CCNC(=NCCCCOc1ccc(C)cc1)NC(C)COC. The summed E-state index contributed by atoms with van der Waals surface area (Å²) in [6.07, 6.45) is 1.99. The van der Waals surface area contributed by atoms with E-state index in [2.05, 4.69) is 48.5 Å². The maximum absolute atomic E-state index is 5.72. The molecule has 0 bridgehead atoms. The molecule has 2 N–H and O–H groups in total.